The molecule has 3 heterocycles. The minimum absolute atomic E-state index is 0.289. The first-order valence-corrected chi connectivity index (χ1v) is 7.61. The monoisotopic (exact) mass is 267 g/mol. The Morgan fingerprint density at radius 1 is 1.16 bits per heavy atom. The van der Waals surface area contributed by atoms with Crippen LogP contribution in [0.25, 0.3) is 0 Å². The molecule has 3 aliphatic heterocycles. The van der Waals surface area contributed by atoms with Crippen LogP contribution in [-0.4, -0.2) is 66.7 Å². The molecule has 5 heteroatoms. The molecule has 0 aliphatic carbocycles. The van der Waals surface area contributed by atoms with E-state index in [0.717, 1.165) is 32.5 Å². The van der Waals surface area contributed by atoms with Crippen LogP contribution < -0.4 is 5.73 Å². The maximum Gasteiger partial charge on any atom is 0.224 e. The number of carbonyl (C=O) groups excluding carboxylic acids is 1. The van der Waals surface area contributed by atoms with Crippen LogP contribution in [0.15, 0.2) is 0 Å². The molecule has 5 nitrogen and oxygen atoms in total. The molecule has 0 aromatic carbocycles. The Labute approximate surface area is 115 Å². The molecular formula is C14H25N3O2. The third-order valence-corrected chi connectivity index (χ3v) is 4.87. The predicted molar refractivity (Wildman–Crippen MR) is 72.7 cm³/mol. The number of amides is 1. The lowest BCUT2D eigenvalue weighted by Gasteiger charge is -2.38. The average molecular weight is 267 g/mol. The van der Waals surface area contributed by atoms with Crippen molar-refractivity contribution in [2.75, 3.05) is 32.8 Å². The van der Waals surface area contributed by atoms with Crippen molar-refractivity contribution in [1.29, 1.82) is 0 Å². The molecule has 0 radical (unpaired) electrons. The third kappa shape index (κ3) is 2.93. The lowest BCUT2D eigenvalue weighted by Crippen LogP contribution is -2.49. The number of fused-ring (bicyclic) bond motifs is 2. The summed E-state index contributed by atoms with van der Waals surface area (Å²) in [6.07, 6.45) is 5.42. The van der Waals surface area contributed by atoms with E-state index in [9.17, 15) is 4.79 Å². The Morgan fingerprint density at radius 2 is 1.79 bits per heavy atom. The third-order valence-electron chi connectivity index (χ3n) is 4.87. The first-order chi connectivity index (χ1) is 9.24. The van der Waals surface area contributed by atoms with Crippen molar-refractivity contribution in [2.24, 2.45) is 5.73 Å². The lowest BCUT2D eigenvalue weighted by atomic mass is 9.98. The second-order valence-electron chi connectivity index (χ2n) is 6.10. The van der Waals surface area contributed by atoms with Gasteiger partial charge in [-0.2, -0.15) is 0 Å². The van der Waals surface area contributed by atoms with E-state index in [2.05, 4.69) is 4.90 Å². The van der Waals surface area contributed by atoms with Crippen molar-refractivity contribution in [3.63, 3.8) is 0 Å². The highest BCUT2D eigenvalue weighted by molar-refractivity contribution is 5.76. The molecule has 0 spiro atoms. The summed E-state index contributed by atoms with van der Waals surface area (Å²) < 4.78 is 5.28. The number of hydrogen-bond acceptors (Lipinski definition) is 4. The van der Waals surface area contributed by atoms with Gasteiger partial charge in [-0.15, -0.1) is 0 Å². The largest absolute Gasteiger partial charge is 0.378 e. The molecule has 3 fully saturated rings. The van der Waals surface area contributed by atoms with E-state index in [1.54, 1.807) is 0 Å². The van der Waals surface area contributed by atoms with Crippen LogP contribution in [0.4, 0.5) is 0 Å². The van der Waals surface area contributed by atoms with Gasteiger partial charge in [0.2, 0.25) is 5.91 Å². The van der Waals surface area contributed by atoms with Crippen molar-refractivity contribution >= 4 is 5.91 Å². The first kappa shape index (κ1) is 13.3. The molecule has 2 bridgehead atoms. The van der Waals surface area contributed by atoms with E-state index in [1.165, 1.54) is 12.8 Å². The molecule has 1 amide bonds. The van der Waals surface area contributed by atoms with Gasteiger partial charge in [-0.25, -0.2) is 0 Å². The fraction of sp³-hybridized carbons (Fsp3) is 0.929. The van der Waals surface area contributed by atoms with Crippen LogP contribution in [0.1, 0.15) is 32.1 Å². The number of morpholine rings is 1. The van der Waals surface area contributed by atoms with Gasteiger partial charge in [0.1, 0.15) is 0 Å². The van der Waals surface area contributed by atoms with Crippen molar-refractivity contribution in [1.82, 2.24) is 9.80 Å². The summed E-state index contributed by atoms with van der Waals surface area (Å²) in [5.41, 5.74) is 6.07. The van der Waals surface area contributed by atoms with Gasteiger partial charge in [-0.1, -0.05) is 0 Å². The maximum atomic E-state index is 12.2. The van der Waals surface area contributed by atoms with Crippen LogP contribution in [-0.2, 0) is 9.53 Å². The minimum atomic E-state index is 0.289. The molecule has 2 N–H and O–H groups in total. The van der Waals surface area contributed by atoms with E-state index < -0.39 is 0 Å². The molecule has 2 atom stereocenters. The molecular weight excluding hydrogens is 242 g/mol. The van der Waals surface area contributed by atoms with Gasteiger partial charge in [-0.05, 0) is 25.7 Å². The van der Waals surface area contributed by atoms with Crippen LogP contribution in [0.3, 0.4) is 0 Å². The zero-order valence-electron chi connectivity index (χ0n) is 11.6. The number of ether oxygens (including phenoxy) is 1. The van der Waals surface area contributed by atoms with Crippen LogP contribution in [0.5, 0.6) is 0 Å². The zero-order valence-corrected chi connectivity index (χ0v) is 11.6. The minimum Gasteiger partial charge on any atom is -0.378 e. The van der Waals surface area contributed by atoms with Gasteiger partial charge in [0.05, 0.1) is 13.2 Å². The summed E-state index contributed by atoms with van der Waals surface area (Å²) in [5.74, 6) is 0.289. The van der Waals surface area contributed by atoms with E-state index >= 15 is 0 Å². The van der Waals surface area contributed by atoms with Gasteiger partial charge in [0, 0.05) is 44.2 Å². The topological polar surface area (TPSA) is 58.8 Å². The number of carbonyl (C=O) groups is 1. The average Bonchev–Trinajstić information content (AvgIpc) is 2.67. The summed E-state index contributed by atoms with van der Waals surface area (Å²) >= 11 is 0. The Balaban J connectivity index is 1.48. The van der Waals surface area contributed by atoms with Gasteiger partial charge in [0.25, 0.3) is 0 Å². The number of rotatable bonds is 3. The number of piperidine rings is 1. The second kappa shape index (κ2) is 5.77. The Kier molecular flexibility index (Phi) is 4.05. The summed E-state index contributed by atoms with van der Waals surface area (Å²) in [7, 11) is 0. The maximum absolute atomic E-state index is 12.2. The zero-order chi connectivity index (χ0) is 13.2. The van der Waals surface area contributed by atoms with Crippen molar-refractivity contribution < 1.29 is 9.53 Å². The molecule has 0 saturated carbocycles. The van der Waals surface area contributed by atoms with Gasteiger partial charge in [-0.3, -0.25) is 9.69 Å². The van der Waals surface area contributed by atoms with E-state index in [0.29, 0.717) is 37.8 Å². The molecule has 3 aliphatic rings. The molecule has 108 valence electrons. The summed E-state index contributed by atoms with van der Waals surface area (Å²) in [6, 6.07) is 1.64. The Morgan fingerprint density at radius 3 is 2.42 bits per heavy atom. The molecule has 3 rings (SSSR count). The van der Waals surface area contributed by atoms with Crippen molar-refractivity contribution in [3.8, 4) is 0 Å². The molecule has 0 aromatic rings. The van der Waals surface area contributed by atoms with E-state index in [4.69, 9.17) is 10.5 Å². The first-order valence-electron chi connectivity index (χ1n) is 7.61. The number of nitrogens with two attached hydrogens (primary N) is 1. The van der Waals surface area contributed by atoms with Gasteiger partial charge < -0.3 is 15.4 Å². The highest BCUT2D eigenvalue weighted by atomic mass is 16.5. The predicted octanol–water partition coefficient (Wildman–Crippen LogP) is 0.189. The fourth-order valence-electron chi connectivity index (χ4n) is 3.88. The highest BCUT2D eigenvalue weighted by Gasteiger charge is 2.39. The number of hydrogen-bond donors (Lipinski definition) is 1. The van der Waals surface area contributed by atoms with Gasteiger partial charge in [0.15, 0.2) is 0 Å². The van der Waals surface area contributed by atoms with Gasteiger partial charge >= 0.3 is 0 Å². The number of nitrogens with zero attached hydrogens (tertiary/aromatic N) is 2. The van der Waals surface area contributed by atoms with Crippen LogP contribution >= 0.6 is 0 Å². The summed E-state index contributed by atoms with van der Waals surface area (Å²) in [6.45, 7) is 3.82. The highest BCUT2D eigenvalue weighted by Crippen LogP contribution is 2.34. The van der Waals surface area contributed by atoms with E-state index in [-0.39, 0.29) is 5.91 Å². The van der Waals surface area contributed by atoms with E-state index in [1.807, 2.05) is 4.90 Å². The normalized spacial score (nSPS) is 35.6. The molecule has 2 unspecified atom stereocenters. The molecule has 0 aromatic heterocycles. The van der Waals surface area contributed by atoms with Crippen molar-refractivity contribution in [2.45, 2.75) is 50.2 Å². The quantitative estimate of drug-likeness (QED) is 0.793. The standard InChI is InChI=1S/C14H25N3O2/c15-11-9-12-1-2-13(10-11)17(12)4-3-14(18)16-5-7-19-8-6-16/h11-13H,1-10,15H2. The van der Waals surface area contributed by atoms with Crippen molar-refractivity contribution in [3.05, 3.63) is 0 Å². The van der Waals surface area contributed by atoms with Crippen LogP contribution in [0.2, 0.25) is 0 Å². The Hall–Kier alpha value is -0.650. The SMILES string of the molecule is NC1CC2CCC(C1)N2CCC(=O)N1CCOCC1. The Bertz CT molecular complexity index is 317. The fourth-order valence-corrected chi connectivity index (χ4v) is 3.88. The smallest absolute Gasteiger partial charge is 0.224 e. The summed E-state index contributed by atoms with van der Waals surface area (Å²) in [4.78, 5) is 16.6. The summed E-state index contributed by atoms with van der Waals surface area (Å²) in [5, 5.41) is 0. The van der Waals surface area contributed by atoms with Crippen LogP contribution in [0, 0.1) is 0 Å². The molecule has 3 saturated heterocycles. The second-order valence-corrected chi connectivity index (χ2v) is 6.10. The lowest BCUT2D eigenvalue weighted by molar-refractivity contribution is -0.135. The molecule has 19 heavy (non-hydrogen) atoms.